The number of H-pyrrole nitrogens is 1. The molecule has 1 fully saturated rings. The van der Waals surface area contributed by atoms with Crippen molar-refractivity contribution in [2.24, 2.45) is 0 Å². The van der Waals surface area contributed by atoms with Crippen LogP contribution in [-0.4, -0.2) is 43.2 Å². The third-order valence-electron chi connectivity index (χ3n) is 3.51. The van der Waals surface area contributed by atoms with Crippen molar-refractivity contribution in [3.63, 3.8) is 0 Å². The van der Waals surface area contributed by atoms with E-state index in [0.29, 0.717) is 36.1 Å². The zero-order valence-corrected chi connectivity index (χ0v) is 12.1. The molecule has 0 aliphatic carbocycles. The number of nitrogens with zero attached hydrogens (tertiary/aromatic N) is 1. The summed E-state index contributed by atoms with van der Waals surface area (Å²) in [6, 6.07) is 5.01. The minimum atomic E-state index is -3.71. The molecule has 0 radical (unpaired) electrons. The minimum absolute atomic E-state index is 0.149. The third kappa shape index (κ3) is 2.47. The Hall–Kier alpha value is -2.06. The summed E-state index contributed by atoms with van der Waals surface area (Å²) in [4.78, 5) is 14.7. The van der Waals surface area contributed by atoms with Crippen LogP contribution in [0.2, 0.25) is 0 Å². The van der Waals surface area contributed by atoms with Gasteiger partial charge in [0.2, 0.25) is 15.9 Å². The molecule has 1 amide bonds. The predicted molar refractivity (Wildman–Crippen MR) is 79.1 cm³/mol. The molecule has 0 saturated carbocycles. The molecule has 0 bridgehead atoms. The number of hydrogen-bond donors (Lipinski definition) is 3. The van der Waals surface area contributed by atoms with Gasteiger partial charge in [0.1, 0.15) is 4.90 Å². The number of aromatic nitrogens is 1. The molecule has 1 aromatic carbocycles. The van der Waals surface area contributed by atoms with Gasteiger partial charge in [0.05, 0.1) is 6.54 Å². The summed E-state index contributed by atoms with van der Waals surface area (Å²) in [5.74, 6) is -0.278. The van der Waals surface area contributed by atoms with Crippen LogP contribution in [0.5, 0.6) is 0 Å². The van der Waals surface area contributed by atoms with Gasteiger partial charge in [-0.3, -0.25) is 4.79 Å². The number of nitrogen functional groups attached to an aromatic ring is 1. The second-order valence-corrected chi connectivity index (χ2v) is 6.91. The summed E-state index contributed by atoms with van der Waals surface area (Å²) >= 11 is 0. The lowest BCUT2D eigenvalue weighted by molar-refractivity contribution is -0.120. The molecular weight excluding hydrogens is 292 g/mol. The van der Waals surface area contributed by atoms with E-state index in [1.54, 1.807) is 18.2 Å². The number of fused-ring (bicyclic) bond motifs is 1. The second-order valence-electron chi connectivity index (χ2n) is 5.00. The standard InChI is InChI=1S/C13H16N4O3S/c14-9-2-3-10-11(6-9)16-7-12(10)21(19,20)17-5-1-4-15-13(18)8-17/h2-3,6-7,16H,1,4-5,8,14H2,(H,15,18). The van der Waals surface area contributed by atoms with Crippen molar-refractivity contribution in [3.05, 3.63) is 24.4 Å². The van der Waals surface area contributed by atoms with Crippen LogP contribution in [0.25, 0.3) is 10.9 Å². The zero-order chi connectivity index (χ0) is 15.0. The molecule has 0 unspecified atom stereocenters. The van der Waals surface area contributed by atoms with Crippen molar-refractivity contribution >= 4 is 32.5 Å². The SMILES string of the molecule is Nc1ccc2c(S(=O)(=O)N3CCCNC(=O)C3)c[nH]c2c1. The van der Waals surface area contributed by atoms with Crippen LogP contribution < -0.4 is 11.1 Å². The lowest BCUT2D eigenvalue weighted by Crippen LogP contribution is -2.37. The van der Waals surface area contributed by atoms with Crippen molar-refractivity contribution in [2.45, 2.75) is 11.3 Å². The van der Waals surface area contributed by atoms with E-state index < -0.39 is 10.0 Å². The topological polar surface area (TPSA) is 108 Å². The fourth-order valence-corrected chi connectivity index (χ4v) is 4.05. The molecule has 1 aliphatic rings. The number of aromatic amines is 1. The maximum Gasteiger partial charge on any atom is 0.245 e. The van der Waals surface area contributed by atoms with Crippen LogP contribution >= 0.6 is 0 Å². The van der Waals surface area contributed by atoms with Gasteiger partial charge in [-0.1, -0.05) is 0 Å². The highest BCUT2D eigenvalue weighted by molar-refractivity contribution is 7.89. The van der Waals surface area contributed by atoms with E-state index in [9.17, 15) is 13.2 Å². The smallest absolute Gasteiger partial charge is 0.245 e. The highest BCUT2D eigenvalue weighted by Gasteiger charge is 2.30. The molecule has 1 aliphatic heterocycles. The van der Waals surface area contributed by atoms with Gasteiger partial charge in [0.15, 0.2) is 0 Å². The first-order valence-electron chi connectivity index (χ1n) is 6.62. The Kier molecular flexibility index (Phi) is 3.34. The normalized spacial score (nSPS) is 17.6. The van der Waals surface area contributed by atoms with E-state index in [0.717, 1.165) is 0 Å². The van der Waals surface area contributed by atoms with Crippen molar-refractivity contribution in [1.82, 2.24) is 14.6 Å². The van der Waals surface area contributed by atoms with Crippen molar-refractivity contribution < 1.29 is 13.2 Å². The number of nitrogens with one attached hydrogen (secondary N) is 2. The number of benzene rings is 1. The van der Waals surface area contributed by atoms with Crippen LogP contribution in [0, 0.1) is 0 Å². The number of sulfonamides is 1. The number of amides is 1. The van der Waals surface area contributed by atoms with Gasteiger partial charge in [-0.25, -0.2) is 8.42 Å². The van der Waals surface area contributed by atoms with E-state index >= 15 is 0 Å². The van der Waals surface area contributed by atoms with Gasteiger partial charge in [0, 0.05) is 35.9 Å². The maximum atomic E-state index is 12.7. The van der Waals surface area contributed by atoms with Crippen LogP contribution in [-0.2, 0) is 14.8 Å². The summed E-state index contributed by atoms with van der Waals surface area (Å²) in [6.45, 7) is 0.669. The number of carbonyl (C=O) groups is 1. The van der Waals surface area contributed by atoms with Crippen LogP contribution in [0.4, 0.5) is 5.69 Å². The fraction of sp³-hybridized carbons (Fsp3) is 0.308. The highest BCUT2D eigenvalue weighted by Crippen LogP contribution is 2.27. The fourth-order valence-electron chi connectivity index (χ4n) is 2.45. The summed E-state index contributed by atoms with van der Waals surface area (Å²) in [5, 5.41) is 3.24. The third-order valence-corrected chi connectivity index (χ3v) is 5.40. The predicted octanol–water partition coefficient (Wildman–Crippen LogP) is 0.261. The molecule has 0 atom stereocenters. The minimum Gasteiger partial charge on any atom is -0.399 e. The molecule has 112 valence electrons. The molecular formula is C13H16N4O3S. The Labute approximate surface area is 122 Å². The second kappa shape index (κ2) is 5.05. The molecule has 2 aromatic rings. The van der Waals surface area contributed by atoms with Gasteiger partial charge in [-0.2, -0.15) is 4.31 Å². The van der Waals surface area contributed by atoms with Gasteiger partial charge in [-0.15, -0.1) is 0 Å². The van der Waals surface area contributed by atoms with E-state index in [1.807, 2.05) is 0 Å². The first-order valence-corrected chi connectivity index (χ1v) is 8.06. The Morgan fingerprint density at radius 1 is 1.29 bits per heavy atom. The van der Waals surface area contributed by atoms with Crippen LogP contribution in [0.15, 0.2) is 29.3 Å². The molecule has 7 nitrogen and oxygen atoms in total. The van der Waals surface area contributed by atoms with Crippen molar-refractivity contribution in [1.29, 1.82) is 0 Å². The zero-order valence-electron chi connectivity index (χ0n) is 11.3. The molecule has 2 heterocycles. The highest BCUT2D eigenvalue weighted by atomic mass is 32.2. The van der Waals surface area contributed by atoms with Crippen LogP contribution in [0.1, 0.15) is 6.42 Å². The van der Waals surface area contributed by atoms with E-state index in [4.69, 9.17) is 5.73 Å². The average Bonchev–Trinajstić information content (AvgIpc) is 2.72. The van der Waals surface area contributed by atoms with Gasteiger partial charge < -0.3 is 16.0 Å². The quantitative estimate of drug-likeness (QED) is 0.691. The Bertz CT molecular complexity index is 797. The first-order chi connectivity index (χ1) is 9.98. The van der Waals surface area contributed by atoms with E-state index in [1.165, 1.54) is 10.5 Å². The summed E-state index contributed by atoms with van der Waals surface area (Å²) in [5.41, 5.74) is 6.91. The molecule has 1 aromatic heterocycles. The van der Waals surface area contributed by atoms with Crippen molar-refractivity contribution in [3.8, 4) is 0 Å². The summed E-state index contributed by atoms with van der Waals surface area (Å²) < 4.78 is 26.7. The first kappa shape index (κ1) is 13.9. The Morgan fingerprint density at radius 2 is 2.10 bits per heavy atom. The number of carbonyl (C=O) groups excluding carboxylic acids is 1. The number of hydrogen-bond acceptors (Lipinski definition) is 4. The van der Waals surface area contributed by atoms with Gasteiger partial charge in [0.25, 0.3) is 0 Å². The average molecular weight is 308 g/mol. The van der Waals surface area contributed by atoms with Crippen LogP contribution in [0.3, 0.4) is 0 Å². The molecule has 0 spiro atoms. The lowest BCUT2D eigenvalue weighted by atomic mass is 10.2. The molecule has 3 rings (SSSR count). The Morgan fingerprint density at radius 3 is 2.90 bits per heavy atom. The Balaban J connectivity index is 2.05. The number of anilines is 1. The number of rotatable bonds is 2. The van der Waals surface area contributed by atoms with Gasteiger partial charge >= 0.3 is 0 Å². The molecule has 1 saturated heterocycles. The van der Waals surface area contributed by atoms with E-state index in [2.05, 4.69) is 10.3 Å². The largest absolute Gasteiger partial charge is 0.399 e. The van der Waals surface area contributed by atoms with E-state index in [-0.39, 0.29) is 17.3 Å². The monoisotopic (exact) mass is 308 g/mol. The lowest BCUT2D eigenvalue weighted by Gasteiger charge is -2.18. The maximum absolute atomic E-state index is 12.7. The summed E-state index contributed by atoms with van der Waals surface area (Å²) in [6.07, 6.45) is 2.04. The van der Waals surface area contributed by atoms with Crippen molar-refractivity contribution in [2.75, 3.05) is 25.4 Å². The van der Waals surface area contributed by atoms with Gasteiger partial charge in [-0.05, 0) is 24.6 Å². The molecule has 21 heavy (non-hydrogen) atoms. The summed E-state index contributed by atoms with van der Waals surface area (Å²) in [7, 11) is -3.71. The number of nitrogens with two attached hydrogens (primary N) is 1. The molecule has 4 N–H and O–H groups in total. The molecule has 8 heteroatoms.